The molecule has 0 fully saturated rings. The molecule has 0 radical (unpaired) electrons. The SMILES string of the molecule is O=C(O)/C=C/c1ccc2oc(=O)oc2c1. The Bertz CT molecular complexity index is 587. The van der Waals surface area contributed by atoms with Crippen LogP contribution in [0, 0.1) is 0 Å². The van der Waals surface area contributed by atoms with E-state index in [1.54, 1.807) is 12.1 Å². The average Bonchev–Trinajstić information content (AvgIpc) is 2.53. The second-order valence-corrected chi connectivity index (χ2v) is 2.83. The van der Waals surface area contributed by atoms with Gasteiger partial charge in [-0.1, -0.05) is 6.07 Å². The molecular formula is C10H6O5. The third-order valence-electron chi connectivity index (χ3n) is 1.77. The highest BCUT2D eigenvalue weighted by Crippen LogP contribution is 2.15. The maximum absolute atomic E-state index is 10.7. The fourth-order valence-corrected chi connectivity index (χ4v) is 1.16. The zero-order chi connectivity index (χ0) is 10.8. The Hall–Kier alpha value is -2.30. The summed E-state index contributed by atoms with van der Waals surface area (Å²) in [4.78, 5) is 21.0. The van der Waals surface area contributed by atoms with Crippen molar-refractivity contribution in [1.29, 1.82) is 0 Å². The Balaban J connectivity index is 2.46. The molecule has 0 aliphatic heterocycles. The van der Waals surface area contributed by atoms with Crippen LogP contribution in [0.4, 0.5) is 0 Å². The lowest BCUT2D eigenvalue weighted by Crippen LogP contribution is -1.85. The van der Waals surface area contributed by atoms with Crippen molar-refractivity contribution >= 4 is 23.2 Å². The van der Waals surface area contributed by atoms with Crippen molar-refractivity contribution in [3.05, 3.63) is 40.5 Å². The minimum absolute atomic E-state index is 0.299. The summed E-state index contributed by atoms with van der Waals surface area (Å²) in [5, 5.41) is 8.41. The van der Waals surface area contributed by atoms with Gasteiger partial charge in [-0.25, -0.2) is 9.59 Å². The first-order valence-electron chi connectivity index (χ1n) is 4.10. The summed E-state index contributed by atoms with van der Waals surface area (Å²) in [6.07, 6.45) is 2.40. The van der Waals surface area contributed by atoms with Crippen molar-refractivity contribution in [2.24, 2.45) is 0 Å². The van der Waals surface area contributed by atoms with Crippen molar-refractivity contribution in [2.75, 3.05) is 0 Å². The van der Waals surface area contributed by atoms with Crippen LogP contribution >= 0.6 is 0 Å². The van der Waals surface area contributed by atoms with Crippen LogP contribution in [0.2, 0.25) is 0 Å². The van der Waals surface area contributed by atoms with E-state index in [2.05, 4.69) is 4.42 Å². The van der Waals surface area contributed by atoms with Crippen LogP contribution in [0.1, 0.15) is 5.56 Å². The molecule has 1 N–H and O–H groups in total. The van der Waals surface area contributed by atoms with Gasteiger partial charge in [0.25, 0.3) is 0 Å². The van der Waals surface area contributed by atoms with Gasteiger partial charge in [-0.15, -0.1) is 0 Å². The number of rotatable bonds is 2. The van der Waals surface area contributed by atoms with E-state index in [4.69, 9.17) is 9.52 Å². The van der Waals surface area contributed by atoms with E-state index < -0.39 is 11.8 Å². The van der Waals surface area contributed by atoms with Gasteiger partial charge in [-0.3, -0.25) is 0 Å². The van der Waals surface area contributed by atoms with Crippen LogP contribution in [0.5, 0.6) is 0 Å². The van der Waals surface area contributed by atoms with E-state index >= 15 is 0 Å². The van der Waals surface area contributed by atoms with Crippen LogP contribution in [0.3, 0.4) is 0 Å². The van der Waals surface area contributed by atoms with Gasteiger partial charge in [-0.05, 0) is 23.8 Å². The largest absolute Gasteiger partial charge is 0.519 e. The van der Waals surface area contributed by atoms with E-state index in [0.717, 1.165) is 6.08 Å². The molecule has 0 amide bonds. The fourth-order valence-electron chi connectivity index (χ4n) is 1.16. The average molecular weight is 206 g/mol. The number of benzene rings is 1. The first-order valence-corrected chi connectivity index (χ1v) is 4.10. The summed E-state index contributed by atoms with van der Waals surface area (Å²) in [5.41, 5.74) is 1.26. The Morgan fingerprint density at radius 2 is 2.00 bits per heavy atom. The van der Waals surface area contributed by atoms with Gasteiger partial charge in [0.2, 0.25) is 0 Å². The smallest absolute Gasteiger partial charge is 0.478 e. The maximum Gasteiger partial charge on any atom is 0.519 e. The zero-order valence-corrected chi connectivity index (χ0v) is 7.47. The summed E-state index contributed by atoms with van der Waals surface area (Å²) in [7, 11) is 0. The Morgan fingerprint density at radius 3 is 2.73 bits per heavy atom. The van der Waals surface area contributed by atoms with Gasteiger partial charge >= 0.3 is 11.8 Å². The molecule has 0 atom stereocenters. The quantitative estimate of drug-likeness (QED) is 0.752. The predicted octanol–water partition coefficient (Wildman–Crippen LogP) is 1.48. The Kier molecular flexibility index (Phi) is 2.13. The monoisotopic (exact) mass is 206 g/mol. The van der Waals surface area contributed by atoms with Crippen LogP contribution < -0.4 is 5.82 Å². The van der Waals surface area contributed by atoms with E-state index in [1.807, 2.05) is 0 Å². The highest BCUT2D eigenvalue weighted by molar-refractivity contribution is 5.86. The molecule has 1 aromatic heterocycles. The molecule has 76 valence electrons. The van der Waals surface area contributed by atoms with Gasteiger partial charge in [0.1, 0.15) is 0 Å². The normalized spacial score (nSPS) is 11.2. The molecule has 1 heterocycles. The Morgan fingerprint density at radius 1 is 1.27 bits per heavy atom. The number of carbonyl (C=O) groups is 1. The van der Waals surface area contributed by atoms with Gasteiger partial charge in [0.05, 0.1) is 0 Å². The number of carboxylic acids is 1. The van der Waals surface area contributed by atoms with E-state index in [0.29, 0.717) is 16.7 Å². The first kappa shape index (κ1) is 9.26. The lowest BCUT2D eigenvalue weighted by Gasteiger charge is -1.90. The molecule has 0 saturated carbocycles. The molecule has 0 spiro atoms. The molecule has 5 nitrogen and oxygen atoms in total. The van der Waals surface area contributed by atoms with Gasteiger partial charge in [0.15, 0.2) is 11.2 Å². The zero-order valence-electron chi connectivity index (χ0n) is 7.47. The second kappa shape index (κ2) is 3.45. The molecule has 2 aromatic rings. The van der Waals surface area contributed by atoms with Gasteiger partial charge < -0.3 is 13.9 Å². The molecule has 2 rings (SSSR count). The minimum Gasteiger partial charge on any atom is -0.478 e. The third-order valence-corrected chi connectivity index (χ3v) is 1.77. The van der Waals surface area contributed by atoms with E-state index in [9.17, 15) is 9.59 Å². The van der Waals surface area contributed by atoms with Crippen LogP contribution in [-0.4, -0.2) is 11.1 Å². The highest BCUT2D eigenvalue weighted by Gasteiger charge is 2.02. The number of hydrogen-bond donors (Lipinski definition) is 1. The molecule has 0 saturated heterocycles. The molecule has 0 aliphatic carbocycles. The third kappa shape index (κ3) is 1.96. The van der Waals surface area contributed by atoms with Crippen molar-refractivity contribution < 1.29 is 18.7 Å². The molecular weight excluding hydrogens is 200 g/mol. The first-order chi connectivity index (χ1) is 7.15. The van der Waals surface area contributed by atoms with Crippen molar-refractivity contribution in [3.8, 4) is 0 Å². The number of carboxylic acid groups (broad SMARTS) is 1. The van der Waals surface area contributed by atoms with Crippen LogP contribution in [0.25, 0.3) is 17.2 Å². The van der Waals surface area contributed by atoms with E-state index in [-0.39, 0.29) is 0 Å². The lowest BCUT2D eigenvalue weighted by molar-refractivity contribution is -0.131. The summed E-state index contributed by atoms with van der Waals surface area (Å²) < 4.78 is 9.40. The lowest BCUT2D eigenvalue weighted by atomic mass is 10.2. The van der Waals surface area contributed by atoms with Crippen LogP contribution in [-0.2, 0) is 4.79 Å². The minimum atomic E-state index is -1.04. The number of fused-ring (bicyclic) bond motifs is 1. The van der Waals surface area contributed by atoms with Gasteiger partial charge in [-0.2, -0.15) is 0 Å². The second-order valence-electron chi connectivity index (χ2n) is 2.83. The molecule has 1 aromatic carbocycles. The highest BCUT2D eigenvalue weighted by atomic mass is 16.6. The summed E-state index contributed by atoms with van der Waals surface area (Å²) in [6.45, 7) is 0. The number of aliphatic carboxylic acids is 1. The molecule has 0 unspecified atom stereocenters. The summed E-state index contributed by atoms with van der Waals surface area (Å²) in [6, 6.07) is 4.70. The van der Waals surface area contributed by atoms with Gasteiger partial charge in [0, 0.05) is 6.08 Å². The molecule has 0 aliphatic rings. The standard InChI is InChI=1S/C10H6O5/c11-9(12)4-2-6-1-3-7-8(5-6)15-10(13)14-7/h1-5H,(H,11,12)/b4-2+. The number of hydrogen-bond acceptors (Lipinski definition) is 4. The van der Waals surface area contributed by atoms with Crippen molar-refractivity contribution in [3.63, 3.8) is 0 Å². The summed E-state index contributed by atoms with van der Waals surface area (Å²) >= 11 is 0. The molecule has 5 heteroatoms. The van der Waals surface area contributed by atoms with Crippen LogP contribution in [0.15, 0.2) is 37.9 Å². The fraction of sp³-hybridized carbons (Fsp3) is 0. The van der Waals surface area contributed by atoms with Crippen molar-refractivity contribution in [1.82, 2.24) is 0 Å². The van der Waals surface area contributed by atoms with E-state index in [1.165, 1.54) is 12.1 Å². The Labute approximate surface area is 83.2 Å². The summed E-state index contributed by atoms with van der Waals surface area (Å²) in [5.74, 6) is -1.81. The van der Waals surface area contributed by atoms with Crippen molar-refractivity contribution in [2.45, 2.75) is 0 Å². The topological polar surface area (TPSA) is 80.6 Å². The predicted molar refractivity (Wildman–Crippen MR) is 51.4 cm³/mol. The molecule has 0 bridgehead atoms. The molecule has 15 heavy (non-hydrogen) atoms. The maximum atomic E-state index is 10.7.